The zero-order chi connectivity index (χ0) is 15.1. The molecule has 1 aromatic carbocycles. The normalized spacial score (nSPS) is 10.1. The first-order valence-corrected chi connectivity index (χ1v) is 7.37. The predicted molar refractivity (Wildman–Crippen MR) is 85.5 cm³/mol. The maximum Gasteiger partial charge on any atom is 0.251 e. The van der Waals surface area contributed by atoms with Crippen molar-refractivity contribution in [2.45, 2.75) is 6.42 Å². The molecule has 110 valence electrons. The minimum atomic E-state index is -0.187. The molecule has 5 nitrogen and oxygen atoms in total. The lowest BCUT2D eigenvalue weighted by atomic mass is 10.2. The van der Waals surface area contributed by atoms with Crippen LogP contribution in [0.15, 0.2) is 47.1 Å². The number of carbonyl (C=O) groups is 1. The topological polar surface area (TPSA) is 74.2 Å². The van der Waals surface area contributed by atoms with Crippen molar-refractivity contribution in [3.63, 3.8) is 0 Å². The molecule has 0 bridgehead atoms. The van der Waals surface area contributed by atoms with Crippen LogP contribution < -0.4 is 10.6 Å². The van der Waals surface area contributed by atoms with Gasteiger partial charge in [-0.25, -0.2) is 4.98 Å². The van der Waals surface area contributed by atoms with E-state index in [0.29, 0.717) is 12.1 Å². The molecule has 3 N–H and O–H groups in total. The van der Waals surface area contributed by atoms with Crippen molar-refractivity contribution in [1.29, 1.82) is 0 Å². The van der Waals surface area contributed by atoms with Crippen LogP contribution in [0.2, 0.25) is 0 Å². The van der Waals surface area contributed by atoms with Crippen LogP contribution in [0.4, 0.5) is 5.82 Å². The van der Waals surface area contributed by atoms with Gasteiger partial charge in [-0.15, -0.1) is 0 Å². The van der Waals surface area contributed by atoms with E-state index >= 15 is 0 Å². The molecule has 0 unspecified atom stereocenters. The lowest BCUT2D eigenvalue weighted by Crippen LogP contribution is -2.25. The summed E-state index contributed by atoms with van der Waals surface area (Å²) >= 11 is 3.33. The van der Waals surface area contributed by atoms with Crippen molar-refractivity contribution >= 4 is 27.7 Å². The molecule has 0 saturated carbocycles. The number of pyridine rings is 1. The highest BCUT2D eigenvalue weighted by Gasteiger charge is 2.04. The van der Waals surface area contributed by atoms with E-state index in [1.54, 1.807) is 18.3 Å². The van der Waals surface area contributed by atoms with Gasteiger partial charge >= 0.3 is 0 Å². The van der Waals surface area contributed by atoms with E-state index in [2.05, 4.69) is 31.5 Å². The van der Waals surface area contributed by atoms with Crippen LogP contribution in [0.3, 0.4) is 0 Å². The molecule has 1 heterocycles. The molecule has 0 aliphatic heterocycles. The highest BCUT2D eigenvalue weighted by molar-refractivity contribution is 9.10. The maximum absolute atomic E-state index is 11.8. The molecule has 6 heteroatoms. The van der Waals surface area contributed by atoms with Crippen molar-refractivity contribution in [3.05, 3.63) is 52.6 Å². The minimum Gasteiger partial charge on any atom is -0.508 e. The molecule has 0 fully saturated rings. The van der Waals surface area contributed by atoms with Crippen LogP contribution in [0.5, 0.6) is 5.75 Å². The first-order valence-electron chi connectivity index (χ1n) is 6.58. The molecule has 1 amide bonds. The monoisotopic (exact) mass is 349 g/mol. The number of amides is 1. The van der Waals surface area contributed by atoms with Gasteiger partial charge in [0, 0.05) is 29.3 Å². The number of phenols is 1. The lowest BCUT2D eigenvalue weighted by Gasteiger charge is -2.07. The Labute approximate surface area is 131 Å². The summed E-state index contributed by atoms with van der Waals surface area (Å²) in [6, 6.07) is 10.1. The number of phenolic OH excluding ortho intramolecular Hbond substituents is 1. The van der Waals surface area contributed by atoms with E-state index in [1.807, 2.05) is 12.1 Å². The van der Waals surface area contributed by atoms with Gasteiger partial charge < -0.3 is 15.7 Å². The predicted octanol–water partition coefficient (Wildman–Crippen LogP) is 2.78. The third-order valence-corrected chi connectivity index (χ3v) is 3.25. The largest absolute Gasteiger partial charge is 0.508 e. The fraction of sp³-hybridized carbons (Fsp3) is 0.200. The molecule has 2 aromatic rings. The summed E-state index contributed by atoms with van der Waals surface area (Å²) in [5, 5.41) is 15.3. The van der Waals surface area contributed by atoms with Crippen LogP contribution in [-0.2, 0) is 0 Å². The van der Waals surface area contributed by atoms with Crippen LogP contribution in [-0.4, -0.2) is 29.1 Å². The number of aromatic nitrogens is 1. The summed E-state index contributed by atoms with van der Waals surface area (Å²) in [5.74, 6) is 0.704. The molecule has 0 aliphatic carbocycles. The fourth-order valence-electron chi connectivity index (χ4n) is 1.74. The number of hydrogen-bond donors (Lipinski definition) is 3. The van der Waals surface area contributed by atoms with Crippen molar-refractivity contribution < 1.29 is 9.90 Å². The number of nitrogens with one attached hydrogen (secondary N) is 2. The van der Waals surface area contributed by atoms with Gasteiger partial charge in [0.2, 0.25) is 0 Å². The third-order valence-electron chi connectivity index (χ3n) is 2.78. The van der Waals surface area contributed by atoms with Gasteiger partial charge in [-0.3, -0.25) is 4.79 Å². The first-order chi connectivity index (χ1) is 10.1. The Bertz CT molecular complexity index is 602. The van der Waals surface area contributed by atoms with Gasteiger partial charge in [0.1, 0.15) is 11.6 Å². The van der Waals surface area contributed by atoms with Gasteiger partial charge in [0.05, 0.1) is 0 Å². The second-order valence-corrected chi connectivity index (χ2v) is 5.36. The first kappa shape index (κ1) is 15.3. The van der Waals surface area contributed by atoms with Crippen molar-refractivity contribution in [3.8, 4) is 5.75 Å². The SMILES string of the molecule is O=C(NCCCNc1ccc(Br)cn1)c1cccc(O)c1. The quantitative estimate of drug-likeness (QED) is 0.701. The van der Waals surface area contributed by atoms with E-state index < -0.39 is 0 Å². The summed E-state index contributed by atoms with van der Waals surface area (Å²) in [6.07, 6.45) is 2.51. The number of hydrogen-bond acceptors (Lipinski definition) is 4. The fourth-order valence-corrected chi connectivity index (χ4v) is 1.97. The zero-order valence-corrected chi connectivity index (χ0v) is 12.9. The Morgan fingerprint density at radius 3 is 2.81 bits per heavy atom. The van der Waals surface area contributed by atoms with E-state index in [4.69, 9.17) is 0 Å². The molecule has 0 aliphatic rings. The summed E-state index contributed by atoms with van der Waals surface area (Å²) in [4.78, 5) is 16.0. The smallest absolute Gasteiger partial charge is 0.251 e. The van der Waals surface area contributed by atoms with Gasteiger partial charge in [-0.1, -0.05) is 6.07 Å². The lowest BCUT2D eigenvalue weighted by molar-refractivity contribution is 0.0953. The average Bonchev–Trinajstić information content (AvgIpc) is 2.48. The molecule has 2 rings (SSSR count). The zero-order valence-electron chi connectivity index (χ0n) is 11.3. The minimum absolute atomic E-state index is 0.0885. The Kier molecular flexibility index (Phi) is 5.57. The summed E-state index contributed by atoms with van der Waals surface area (Å²) < 4.78 is 0.937. The van der Waals surface area contributed by atoms with E-state index in [0.717, 1.165) is 23.3 Å². The molecule has 21 heavy (non-hydrogen) atoms. The summed E-state index contributed by atoms with van der Waals surface area (Å²) in [5.41, 5.74) is 0.456. The highest BCUT2D eigenvalue weighted by atomic mass is 79.9. The van der Waals surface area contributed by atoms with Crippen LogP contribution in [0.1, 0.15) is 16.8 Å². The third kappa shape index (κ3) is 5.07. The molecule has 1 aromatic heterocycles. The maximum atomic E-state index is 11.8. The van der Waals surface area contributed by atoms with Crippen LogP contribution in [0.25, 0.3) is 0 Å². The number of aromatic hydroxyl groups is 1. The number of anilines is 1. The van der Waals surface area contributed by atoms with Crippen molar-refractivity contribution in [2.24, 2.45) is 0 Å². The number of benzene rings is 1. The van der Waals surface area contributed by atoms with Gasteiger partial charge in [-0.2, -0.15) is 0 Å². The number of nitrogens with zero attached hydrogens (tertiary/aromatic N) is 1. The molecule has 0 spiro atoms. The Balaban J connectivity index is 1.68. The van der Waals surface area contributed by atoms with E-state index in [-0.39, 0.29) is 11.7 Å². The molecular formula is C15H16BrN3O2. The average molecular weight is 350 g/mol. The second-order valence-electron chi connectivity index (χ2n) is 4.45. The van der Waals surface area contributed by atoms with Gasteiger partial charge in [0.15, 0.2) is 0 Å². The van der Waals surface area contributed by atoms with Crippen LogP contribution in [0, 0.1) is 0 Å². The Hall–Kier alpha value is -2.08. The standard InChI is InChI=1S/C15H16BrN3O2/c16-12-5-6-14(19-10-12)17-7-2-8-18-15(21)11-3-1-4-13(20)9-11/h1,3-6,9-10,20H,2,7-8H2,(H,17,19)(H,18,21). The molecular weight excluding hydrogens is 334 g/mol. The molecule has 0 atom stereocenters. The van der Waals surface area contributed by atoms with E-state index in [9.17, 15) is 9.90 Å². The van der Waals surface area contributed by atoms with Gasteiger partial charge in [-0.05, 0) is 52.7 Å². The highest BCUT2D eigenvalue weighted by Crippen LogP contribution is 2.11. The molecule has 0 saturated heterocycles. The Morgan fingerprint density at radius 2 is 2.10 bits per heavy atom. The summed E-state index contributed by atoms with van der Waals surface area (Å²) in [6.45, 7) is 1.27. The molecule has 0 radical (unpaired) electrons. The summed E-state index contributed by atoms with van der Waals surface area (Å²) in [7, 11) is 0. The van der Waals surface area contributed by atoms with E-state index in [1.165, 1.54) is 12.1 Å². The van der Waals surface area contributed by atoms with Crippen molar-refractivity contribution in [1.82, 2.24) is 10.3 Å². The second kappa shape index (κ2) is 7.64. The van der Waals surface area contributed by atoms with Gasteiger partial charge in [0.25, 0.3) is 5.91 Å². The number of rotatable bonds is 6. The van der Waals surface area contributed by atoms with Crippen LogP contribution >= 0.6 is 15.9 Å². The van der Waals surface area contributed by atoms with Crippen molar-refractivity contribution in [2.75, 3.05) is 18.4 Å². The number of carbonyl (C=O) groups excluding carboxylic acids is 1. The number of halogens is 1. The Morgan fingerprint density at radius 1 is 1.24 bits per heavy atom.